The second-order valence-electron chi connectivity index (χ2n) is 5.84. The van der Waals surface area contributed by atoms with Crippen LogP contribution in [-0.4, -0.2) is 33.6 Å². The number of fused-ring (bicyclic) bond motifs is 1. The maximum atomic E-state index is 13.5. The van der Waals surface area contributed by atoms with Gasteiger partial charge in [-0.1, -0.05) is 6.92 Å². The largest absolute Gasteiger partial charge is 0.459 e. The molecular weight excluding hydrogens is 301 g/mol. The summed E-state index contributed by atoms with van der Waals surface area (Å²) in [6.45, 7) is 1.82. The summed E-state index contributed by atoms with van der Waals surface area (Å²) < 4.78 is 45.5. The highest BCUT2D eigenvalue weighted by molar-refractivity contribution is 5.97. The zero-order chi connectivity index (χ0) is 16.1. The van der Waals surface area contributed by atoms with Crippen molar-refractivity contribution in [3.8, 4) is 0 Å². The smallest absolute Gasteiger partial charge is 0.439 e. The summed E-state index contributed by atoms with van der Waals surface area (Å²) >= 11 is 0. The summed E-state index contributed by atoms with van der Waals surface area (Å²) in [6.07, 6.45) is -2.67. The Balaban J connectivity index is 2.04. The average Bonchev–Trinajstić information content (AvgIpc) is 3.05. The van der Waals surface area contributed by atoms with Crippen LogP contribution in [-0.2, 0) is 0 Å². The molecule has 0 aromatic carbocycles. The van der Waals surface area contributed by atoms with E-state index in [1.807, 2.05) is 6.92 Å². The molecule has 5 nitrogen and oxygen atoms in total. The Hall–Kier alpha value is -1.83. The number of nitrogens with zero attached hydrogens (tertiary/aromatic N) is 2. The maximum Gasteiger partial charge on any atom is 0.439 e. The van der Waals surface area contributed by atoms with E-state index >= 15 is 0 Å². The summed E-state index contributed by atoms with van der Waals surface area (Å²) in [6, 6.07) is 2.63. The SMILES string of the molecule is C[C@H]1CCC2=NN(C(=O)c3ccco3)[C@](O)(C(F)(F)F)[C@@H]2C1. The van der Waals surface area contributed by atoms with Gasteiger partial charge in [-0.15, -0.1) is 0 Å². The molecule has 1 aromatic heterocycles. The van der Waals surface area contributed by atoms with Crippen molar-refractivity contribution in [3.05, 3.63) is 24.2 Å². The summed E-state index contributed by atoms with van der Waals surface area (Å²) in [5.41, 5.74) is -3.10. The third kappa shape index (κ3) is 2.05. The Labute approximate surface area is 124 Å². The number of halogens is 3. The predicted molar refractivity (Wildman–Crippen MR) is 69.8 cm³/mol. The first kappa shape index (κ1) is 15.1. The Morgan fingerprint density at radius 3 is 2.86 bits per heavy atom. The third-order valence-electron chi connectivity index (χ3n) is 4.31. The van der Waals surface area contributed by atoms with Gasteiger partial charge in [0.25, 0.3) is 5.72 Å². The molecule has 1 aromatic rings. The molecule has 0 spiro atoms. The molecule has 0 radical (unpaired) electrons. The van der Waals surface area contributed by atoms with Gasteiger partial charge in [0.15, 0.2) is 5.76 Å². The lowest BCUT2D eigenvalue weighted by atomic mass is 9.76. The number of carbonyl (C=O) groups is 1. The van der Waals surface area contributed by atoms with Crippen molar-refractivity contribution in [2.45, 2.75) is 38.1 Å². The van der Waals surface area contributed by atoms with E-state index in [1.165, 1.54) is 18.4 Å². The number of carbonyl (C=O) groups excluding carboxylic acids is 1. The zero-order valence-corrected chi connectivity index (χ0v) is 11.8. The normalized spacial score (nSPS) is 31.9. The van der Waals surface area contributed by atoms with E-state index in [9.17, 15) is 23.1 Å². The van der Waals surface area contributed by atoms with E-state index < -0.39 is 23.7 Å². The molecule has 1 amide bonds. The number of hydrazone groups is 1. The van der Waals surface area contributed by atoms with Gasteiger partial charge in [-0.05, 0) is 37.3 Å². The maximum absolute atomic E-state index is 13.5. The van der Waals surface area contributed by atoms with Crippen LogP contribution < -0.4 is 0 Å². The Bertz CT molecular complexity index is 611. The van der Waals surface area contributed by atoms with Crippen molar-refractivity contribution in [1.29, 1.82) is 0 Å². The summed E-state index contributed by atoms with van der Waals surface area (Å²) in [4.78, 5) is 12.3. The van der Waals surface area contributed by atoms with E-state index in [-0.39, 0.29) is 28.8 Å². The van der Waals surface area contributed by atoms with Crippen LogP contribution in [0.4, 0.5) is 13.2 Å². The third-order valence-corrected chi connectivity index (χ3v) is 4.31. The highest BCUT2D eigenvalue weighted by Crippen LogP contribution is 2.49. The lowest BCUT2D eigenvalue weighted by molar-refractivity contribution is -0.313. The van der Waals surface area contributed by atoms with Crippen LogP contribution in [0.5, 0.6) is 0 Å². The average molecular weight is 316 g/mol. The predicted octanol–water partition coefficient (Wildman–Crippen LogP) is 2.78. The molecule has 2 heterocycles. The monoisotopic (exact) mass is 316 g/mol. The first-order valence-electron chi connectivity index (χ1n) is 6.99. The second-order valence-corrected chi connectivity index (χ2v) is 5.84. The molecule has 1 fully saturated rings. The molecule has 1 N–H and O–H groups in total. The van der Waals surface area contributed by atoms with Crippen molar-refractivity contribution in [1.82, 2.24) is 5.01 Å². The molecule has 8 heteroatoms. The summed E-state index contributed by atoms with van der Waals surface area (Å²) in [5.74, 6) is -2.59. The number of furan rings is 1. The van der Waals surface area contributed by atoms with Crippen LogP contribution in [0.2, 0.25) is 0 Å². The van der Waals surface area contributed by atoms with E-state index in [1.54, 1.807) is 0 Å². The molecule has 0 saturated heterocycles. The van der Waals surface area contributed by atoms with E-state index in [2.05, 4.69) is 5.10 Å². The highest BCUT2D eigenvalue weighted by atomic mass is 19.4. The van der Waals surface area contributed by atoms with E-state index in [0.717, 1.165) is 0 Å². The zero-order valence-electron chi connectivity index (χ0n) is 11.8. The Morgan fingerprint density at radius 2 is 2.27 bits per heavy atom. The molecule has 1 aliphatic heterocycles. The molecule has 0 bridgehead atoms. The van der Waals surface area contributed by atoms with Gasteiger partial charge >= 0.3 is 12.1 Å². The molecule has 120 valence electrons. The first-order chi connectivity index (χ1) is 10.2. The fourth-order valence-electron chi connectivity index (χ4n) is 3.12. The summed E-state index contributed by atoms with van der Waals surface area (Å²) in [7, 11) is 0. The minimum Gasteiger partial charge on any atom is -0.459 e. The topological polar surface area (TPSA) is 66.0 Å². The fraction of sp³-hybridized carbons (Fsp3) is 0.571. The lowest BCUT2D eigenvalue weighted by Gasteiger charge is -2.39. The van der Waals surface area contributed by atoms with Crippen LogP contribution in [0.1, 0.15) is 36.7 Å². The van der Waals surface area contributed by atoms with Gasteiger partial charge in [-0.25, -0.2) is 0 Å². The summed E-state index contributed by atoms with van der Waals surface area (Å²) in [5, 5.41) is 14.3. The molecule has 3 rings (SSSR count). The van der Waals surface area contributed by atoms with Gasteiger partial charge < -0.3 is 9.52 Å². The van der Waals surface area contributed by atoms with Gasteiger partial charge in [0.1, 0.15) is 0 Å². The quantitative estimate of drug-likeness (QED) is 0.866. The minimum absolute atomic E-state index is 0.0245. The molecular formula is C14H15F3N2O3. The van der Waals surface area contributed by atoms with Gasteiger partial charge in [0.05, 0.1) is 12.2 Å². The van der Waals surface area contributed by atoms with Crippen LogP contribution in [0.15, 0.2) is 27.9 Å². The van der Waals surface area contributed by atoms with Crippen molar-refractivity contribution in [2.24, 2.45) is 16.9 Å². The Kier molecular flexibility index (Phi) is 3.32. The first-order valence-corrected chi connectivity index (χ1v) is 6.99. The molecule has 1 saturated carbocycles. The molecule has 2 aliphatic rings. The van der Waals surface area contributed by atoms with Crippen LogP contribution in [0.25, 0.3) is 0 Å². The number of rotatable bonds is 1. The molecule has 1 aliphatic carbocycles. The fourth-order valence-corrected chi connectivity index (χ4v) is 3.12. The van der Waals surface area contributed by atoms with Crippen molar-refractivity contribution < 1.29 is 27.5 Å². The van der Waals surface area contributed by atoms with Crippen molar-refractivity contribution in [3.63, 3.8) is 0 Å². The second kappa shape index (κ2) is 4.84. The van der Waals surface area contributed by atoms with Crippen LogP contribution in [0.3, 0.4) is 0 Å². The van der Waals surface area contributed by atoms with Gasteiger partial charge in [-0.3, -0.25) is 4.79 Å². The highest BCUT2D eigenvalue weighted by Gasteiger charge is 2.69. The van der Waals surface area contributed by atoms with Gasteiger partial charge in [-0.2, -0.15) is 23.3 Å². The molecule has 22 heavy (non-hydrogen) atoms. The van der Waals surface area contributed by atoms with Gasteiger partial charge in [0.2, 0.25) is 0 Å². The molecule has 3 atom stereocenters. The number of aliphatic hydroxyl groups is 1. The van der Waals surface area contributed by atoms with Crippen LogP contribution >= 0.6 is 0 Å². The number of hydrogen-bond acceptors (Lipinski definition) is 4. The molecule has 0 unspecified atom stereocenters. The van der Waals surface area contributed by atoms with Gasteiger partial charge in [0, 0.05) is 5.71 Å². The Morgan fingerprint density at radius 1 is 1.55 bits per heavy atom. The lowest BCUT2D eigenvalue weighted by Crippen LogP contribution is -2.61. The minimum atomic E-state index is -5.01. The number of alkyl halides is 3. The number of hydrogen-bond donors (Lipinski definition) is 1. The standard InChI is InChI=1S/C14H15F3N2O3/c1-8-4-5-10-9(7-8)13(21,14(15,16)17)19(18-10)12(20)11-3-2-6-22-11/h2-3,6,8-9,21H,4-5,7H2,1H3/t8-,9+,13+/m0/s1. The van der Waals surface area contributed by atoms with Crippen LogP contribution in [0, 0.1) is 11.8 Å². The van der Waals surface area contributed by atoms with E-state index in [0.29, 0.717) is 12.8 Å². The van der Waals surface area contributed by atoms with E-state index in [4.69, 9.17) is 4.42 Å². The number of amides is 1. The van der Waals surface area contributed by atoms with Crippen molar-refractivity contribution in [2.75, 3.05) is 0 Å². The van der Waals surface area contributed by atoms with Crippen molar-refractivity contribution >= 4 is 11.6 Å².